The molecule has 0 spiro atoms. The van der Waals surface area contributed by atoms with Crippen molar-refractivity contribution in [2.75, 3.05) is 13.2 Å². The van der Waals surface area contributed by atoms with Gasteiger partial charge in [-0.2, -0.15) is 0 Å². The molecule has 4 heteroatoms. The number of hydrogen-bond acceptors (Lipinski definition) is 2. The van der Waals surface area contributed by atoms with Crippen molar-refractivity contribution in [3.8, 4) is 0 Å². The fourth-order valence-corrected chi connectivity index (χ4v) is 3.14. The van der Waals surface area contributed by atoms with E-state index < -0.39 is 5.82 Å². The van der Waals surface area contributed by atoms with Crippen LogP contribution in [0.2, 0.25) is 0 Å². The van der Waals surface area contributed by atoms with Crippen LogP contribution >= 0.6 is 0 Å². The second-order valence-electron chi connectivity index (χ2n) is 5.24. The minimum absolute atomic E-state index is 0.120. The molecule has 1 amide bonds. The quantitative estimate of drug-likeness (QED) is 0.779. The first-order valence-electron chi connectivity index (χ1n) is 6.94. The van der Waals surface area contributed by atoms with Crippen LogP contribution in [0, 0.1) is 5.82 Å². The third-order valence-electron chi connectivity index (χ3n) is 4.10. The van der Waals surface area contributed by atoms with Crippen LogP contribution in [0.3, 0.4) is 0 Å². The molecular formula is C15H18FNO2. The van der Waals surface area contributed by atoms with Gasteiger partial charge in [0, 0.05) is 6.54 Å². The number of carbonyl (C=O) groups excluding carboxylic acids is 1. The second-order valence-corrected chi connectivity index (χ2v) is 5.24. The van der Waals surface area contributed by atoms with Crippen molar-refractivity contribution < 1.29 is 13.9 Å². The summed E-state index contributed by atoms with van der Waals surface area (Å²) in [6.07, 6.45) is 4.38. The Morgan fingerprint density at radius 3 is 2.89 bits per heavy atom. The molecule has 0 aromatic heterocycles. The van der Waals surface area contributed by atoms with E-state index in [0.29, 0.717) is 13.2 Å². The zero-order valence-corrected chi connectivity index (χ0v) is 10.8. The van der Waals surface area contributed by atoms with E-state index in [9.17, 15) is 9.18 Å². The summed E-state index contributed by atoms with van der Waals surface area (Å²) < 4.78 is 19.5. The molecule has 102 valence electrons. The van der Waals surface area contributed by atoms with Gasteiger partial charge in [-0.05, 0) is 25.0 Å². The number of hydrogen-bond donors (Lipinski definition) is 0. The minimum Gasteiger partial charge on any atom is -0.374 e. The summed E-state index contributed by atoms with van der Waals surface area (Å²) >= 11 is 0. The van der Waals surface area contributed by atoms with Crippen molar-refractivity contribution in [1.29, 1.82) is 0 Å². The van der Waals surface area contributed by atoms with Crippen molar-refractivity contribution in [2.24, 2.45) is 0 Å². The number of carbonyl (C=O) groups is 1. The molecule has 1 aliphatic carbocycles. The lowest BCUT2D eigenvalue weighted by Gasteiger charge is -2.43. The number of ether oxygens (including phenoxy) is 1. The van der Waals surface area contributed by atoms with E-state index in [-0.39, 0.29) is 23.6 Å². The van der Waals surface area contributed by atoms with E-state index in [2.05, 4.69) is 0 Å². The summed E-state index contributed by atoms with van der Waals surface area (Å²) in [5.41, 5.74) is 0.175. The van der Waals surface area contributed by atoms with Gasteiger partial charge in [-0.25, -0.2) is 4.39 Å². The topological polar surface area (TPSA) is 29.5 Å². The summed E-state index contributed by atoms with van der Waals surface area (Å²) in [6, 6.07) is 6.33. The van der Waals surface area contributed by atoms with Gasteiger partial charge in [-0.15, -0.1) is 0 Å². The molecule has 1 aromatic rings. The van der Waals surface area contributed by atoms with Crippen LogP contribution in [0.4, 0.5) is 4.39 Å². The molecule has 2 atom stereocenters. The molecule has 1 aliphatic heterocycles. The Balaban J connectivity index is 1.84. The summed E-state index contributed by atoms with van der Waals surface area (Å²) in [5.74, 6) is -0.635. The lowest BCUT2D eigenvalue weighted by atomic mass is 9.89. The Morgan fingerprint density at radius 1 is 1.26 bits per heavy atom. The SMILES string of the molecule is O=C(c1ccccc1F)N1CCO[C@H]2CCCC[C@H]21. The molecule has 0 unspecified atom stereocenters. The van der Waals surface area contributed by atoms with Gasteiger partial charge in [-0.3, -0.25) is 4.79 Å². The van der Waals surface area contributed by atoms with Gasteiger partial charge >= 0.3 is 0 Å². The molecule has 3 rings (SSSR count). The monoisotopic (exact) mass is 263 g/mol. The lowest BCUT2D eigenvalue weighted by Crippen LogP contribution is -2.54. The van der Waals surface area contributed by atoms with E-state index in [1.165, 1.54) is 6.07 Å². The van der Waals surface area contributed by atoms with Crippen molar-refractivity contribution in [3.05, 3.63) is 35.6 Å². The van der Waals surface area contributed by atoms with Gasteiger partial charge in [0.25, 0.3) is 5.91 Å². The highest BCUT2D eigenvalue weighted by atomic mass is 19.1. The van der Waals surface area contributed by atoms with Crippen molar-refractivity contribution >= 4 is 5.91 Å². The minimum atomic E-state index is -0.439. The Hall–Kier alpha value is -1.42. The summed E-state index contributed by atoms with van der Waals surface area (Å²) in [6.45, 7) is 1.12. The number of halogens is 1. The van der Waals surface area contributed by atoms with Crippen LogP contribution in [-0.4, -0.2) is 36.1 Å². The molecular weight excluding hydrogens is 245 g/mol. The maximum absolute atomic E-state index is 13.7. The summed E-state index contributed by atoms with van der Waals surface area (Å²) in [5, 5.41) is 0. The Morgan fingerprint density at radius 2 is 2.05 bits per heavy atom. The molecule has 1 saturated heterocycles. The standard InChI is InChI=1S/C15H18FNO2/c16-12-6-2-1-5-11(12)15(18)17-9-10-19-14-8-4-3-7-13(14)17/h1-2,5-6,13-14H,3-4,7-10H2/t13-,14+/m1/s1. The number of rotatable bonds is 1. The fourth-order valence-electron chi connectivity index (χ4n) is 3.14. The van der Waals surface area contributed by atoms with E-state index in [1.807, 2.05) is 4.90 Å². The van der Waals surface area contributed by atoms with Gasteiger partial charge in [0.2, 0.25) is 0 Å². The number of fused-ring (bicyclic) bond motifs is 1. The molecule has 1 heterocycles. The molecule has 0 N–H and O–H groups in total. The first kappa shape index (κ1) is 12.6. The van der Waals surface area contributed by atoms with Crippen LogP contribution in [0.25, 0.3) is 0 Å². The molecule has 19 heavy (non-hydrogen) atoms. The van der Waals surface area contributed by atoms with Gasteiger partial charge < -0.3 is 9.64 Å². The van der Waals surface area contributed by atoms with Crippen LogP contribution in [0.1, 0.15) is 36.0 Å². The van der Waals surface area contributed by atoms with Crippen molar-refractivity contribution in [3.63, 3.8) is 0 Å². The average Bonchev–Trinajstić information content (AvgIpc) is 2.46. The second kappa shape index (κ2) is 5.29. The lowest BCUT2D eigenvalue weighted by molar-refractivity contribution is -0.0753. The molecule has 0 bridgehead atoms. The maximum atomic E-state index is 13.7. The van der Waals surface area contributed by atoms with Crippen LogP contribution in [-0.2, 0) is 4.74 Å². The molecule has 1 saturated carbocycles. The number of benzene rings is 1. The first-order chi connectivity index (χ1) is 9.27. The average molecular weight is 263 g/mol. The number of nitrogens with zero attached hydrogens (tertiary/aromatic N) is 1. The van der Waals surface area contributed by atoms with E-state index in [1.54, 1.807) is 18.2 Å². The number of amides is 1. The molecule has 1 aromatic carbocycles. The fraction of sp³-hybridized carbons (Fsp3) is 0.533. The predicted molar refractivity (Wildman–Crippen MR) is 69.4 cm³/mol. The van der Waals surface area contributed by atoms with Gasteiger partial charge in [0.15, 0.2) is 0 Å². The van der Waals surface area contributed by atoms with Crippen LogP contribution in [0.15, 0.2) is 24.3 Å². The zero-order chi connectivity index (χ0) is 13.2. The van der Waals surface area contributed by atoms with E-state index >= 15 is 0 Å². The first-order valence-corrected chi connectivity index (χ1v) is 6.94. The zero-order valence-electron chi connectivity index (χ0n) is 10.8. The van der Waals surface area contributed by atoms with Gasteiger partial charge in [0.05, 0.1) is 24.3 Å². The third kappa shape index (κ3) is 2.37. The van der Waals surface area contributed by atoms with Gasteiger partial charge in [-0.1, -0.05) is 25.0 Å². The maximum Gasteiger partial charge on any atom is 0.257 e. The van der Waals surface area contributed by atoms with E-state index in [4.69, 9.17) is 4.74 Å². The Kier molecular flexibility index (Phi) is 3.51. The smallest absolute Gasteiger partial charge is 0.257 e. The Labute approximate surface area is 112 Å². The van der Waals surface area contributed by atoms with Crippen molar-refractivity contribution in [2.45, 2.75) is 37.8 Å². The highest BCUT2D eigenvalue weighted by Crippen LogP contribution is 2.29. The third-order valence-corrected chi connectivity index (χ3v) is 4.10. The summed E-state index contributed by atoms with van der Waals surface area (Å²) in [4.78, 5) is 14.3. The van der Waals surface area contributed by atoms with Crippen LogP contribution in [0.5, 0.6) is 0 Å². The van der Waals surface area contributed by atoms with Crippen LogP contribution < -0.4 is 0 Å². The molecule has 3 nitrogen and oxygen atoms in total. The highest BCUT2D eigenvalue weighted by molar-refractivity contribution is 5.94. The van der Waals surface area contributed by atoms with Crippen molar-refractivity contribution in [1.82, 2.24) is 4.90 Å². The van der Waals surface area contributed by atoms with E-state index in [0.717, 1.165) is 25.7 Å². The highest BCUT2D eigenvalue weighted by Gasteiger charge is 2.37. The summed E-state index contributed by atoms with van der Waals surface area (Å²) in [7, 11) is 0. The molecule has 0 radical (unpaired) electrons. The largest absolute Gasteiger partial charge is 0.374 e. The van der Waals surface area contributed by atoms with Gasteiger partial charge in [0.1, 0.15) is 5.82 Å². The predicted octanol–water partition coefficient (Wildman–Crippen LogP) is 2.61. The Bertz CT molecular complexity index is 475. The molecule has 2 fully saturated rings. The molecule has 2 aliphatic rings. The normalized spacial score (nSPS) is 26.9. The number of morpholine rings is 1.